The smallest absolute Gasteiger partial charge is 0.243 e. The lowest BCUT2D eigenvalue weighted by Crippen LogP contribution is -2.48. The van der Waals surface area contributed by atoms with Crippen LogP contribution in [0.15, 0.2) is 87.3 Å². The molecular weight excluding hydrogens is 865 g/mol. The highest BCUT2D eigenvalue weighted by Gasteiger charge is 2.33. The van der Waals surface area contributed by atoms with Gasteiger partial charge >= 0.3 is 0 Å². The maximum absolute atomic E-state index is 13.3. The molecule has 2 aliphatic rings. The molecule has 63 heavy (non-hydrogen) atoms. The predicted octanol–water partition coefficient (Wildman–Crippen LogP) is 10.1. The number of benzene rings is 4. The Morgan fingerprint density at radius 3 is 1.33 bits per heavy atom. The molecule has 0 aliphatic carbocycles. The highest BCUT2D eigenvalue weighted by molar-refractivity contribution is 7.89. The van der Waals surface area contributed by atoms with Gasteiger partial charge in [0.2, 0.25) is 20.0 Å². The standard InChI is InChI=1S/C25H31N3O2S2.C24H29N3O2S2/c1-5-6-21-7-9-22(10-8-21)23-17-31-25(26-23)27-11-13-28(14-12-27)32(29,30)24-19(3)15-18(2)16-20(24)4;1-16-13-19(4)23(20(5)14-16)31(28,29)27-11-9-26(10-12-27)24-25-21(15-30-24)22-17(2)7-6-8-18(22)3/h7-10,15-17H,5-6,11-14H2,1-4H3;6-8,13-15H,9-12H2,1-5H3. The van der Waals surface area contributed by atoms with Crippen molar-refractivity contribution in [3.05, 3.63) is 128 Å². The van der Waals surface area contributed by atoms with Crippen LogP contribution in [0.5, 0.6) is 0 Å². The highest BCUT2D eigenvalue weighted by Crippen LogP contribution is 2.34. The lowest BCUT2D eigenvalue weighted by atomic mass is 10.0. The number of nitrogens with zero attached hydrogens (tertiary/aromatic N) is 6. The van der Waals surface area contributed by atoms with Crippen molar-refractivity contribution in [3.8, 4) is 22.5 Å². The minimum absolute atomic E-state index is 0.457. The van der Waals surface area contributed by atoms with Gasteiger partial charge in [-0.2, -0.15) is 8.61 Å². The summed E-state index contributed by atoms with van der Waals surface area (Å²) in [6.45, 7) is 22.4. The van der Waals surface area contributed by atoms with Crippen LogP contribution in [0.3, 0.4) is 0 Å². The van der Waals surface area contributed by atoms with E-state index in [4.69, 9.17) is 9.97 Å². The van der Waals surface area contributed by atoms with E-state index < -0.39 is 20.0 Å². The molecule has 2 fully saturated rings. The molecule has 8 rings (SSSR count). The van der Waals surface area contributed by atoms with E-state index >= 15 is 0 Å². The van der Waals surface area contributed by atoms with Crippen LogP contribution in [0.25, 0.3) is 22.5 Å². The number of hydrogen-bond donors (Lipinski definition) is 0. The van der Waals surface area contributed by atoms with Crippen molar-refractivity contribution in [2.24, 2.45) is 0 Å². The van der Waals surface area contributed by atoms with Gasteiger partial charge in [-0.3, -0.25) is 0 Å². The third kappa shape index (κ3) is 10.1. The summed E-state index contributed by atoms with van der Waals surface area (Å²) in [6.07, 6.45) is 2.24. The van der Waals surface area contributed by atoms with E-state index in [-0.39, 0.29) is 0 Å². The average Bonchev–Trinajstić information content (AvgIpc) is 3.92. The molecule has 14 heteroatoms. The Kier molecular flexibility index (Phi) is 14.3. The first kappa shape index (κ1) is 46.5. The molecule has 2 saturated heterocycles. The van der Waals surface area contributed by atoms with Gasteiger partial charge < -0.3 is 9.80 Å². The molecule has 0 radical (unpaired) electrons. The van der Waals surface area contributed by atoms with Crippen LogP contribution in [0.2, 0.25) is 0 Å². The van der Waals surface area contributed by atoms with Crippen molar-refractivity contribution in [1.82, 2.24) is 18.6 Å². The van der Waals surface area contributed by atoms with Crippen LogP contribution in [-0.2, 0) is 26.5 Å². The van der Waals surface area contributed by atoms with E-state index in [1.54, 1.807) is 31.3 Å². The van der Waals surface area contributed by atoms with Gasteiger partial charge in [0.05, 0.1) is 21.2 Å². The van der Waals surface area contributed by atoms with E-state index in [1.807, 2.05) is 65.8 Å². The molecule has 0 atom stereocenters. The van der Waals surface area contributed by atoms with Gasteiger partial charge in [-0.1, -0.05) is 91.2 Å². The molecule has 0 unspecified atom stereocenters. The average molecular weight is 925 g/mol. The molecule has 0 spiro atoms. The van der Waals surface area contributed by atoms with Crippen LogP contribution in [-0.4, -0.2) is 87.8 Å². The Labute approximate surface area is 383 Å². The number of thiazole rings is 2. The zero-order chi connectivity index (χ0) is 45.2. The monoisotopic (exact) mass is 924 g/mol. The zero-order valence-corrected chi connectivity index (χ0v) is 41.3. The molecule has 6 aromatic rings. The third-order valence-electron chi connectivity index (χ3n) is 11.9. The van der Waals surface area contributed by atoms with Gasteiger partial charge in [0.1, 0.15) is 0 Å². The maximum atomic E-state index is 13.3. The molecule has 4 heterocycles. The Morgan fingerprint density at radius 1 is 0.524 bits per heavy atom. The molecule has 334 valence electrons. The van der Waals surface area contributed by atoms with Gasteiger partial charge in [-0.25, -0.2) is 26.8 Å². The van der Waals surface area contributed by atoms with Gasteiger partial charge in [0.25, 0.3) is 0 Å². The van der Waals surface area contributed by atoms with Crippen LogP contribution in [0, 0.1) is 55.4 Å². The molecule has 4 aromatic carbocycles. The fourth-order valence-corrected chi connectivity index (χ4v) is 14.5. The van der Waals surface area contributed by atoms with Crippen molar-refractivity contribution in [2.75, 3.05) is 62.2 Å². The normalized spacial score (nSPS) is 15.4. The zero-order valence-electron chi connectivity index (χ0n) is 38.0. The number of sulfonamides is 2. The topological polar surface area (TPSA) is 107 Å². The van der Waals surface area contributed by atoms with Gasteiger partial charge in [0.15, 0.2) is 10.3 Å². The Hall–Kier alpha value is -4.44. The minimum atomic E-state index is -3.51. The molecule has 2 aliphatic heterocycles. The van der Waals surface area contributed by atoms with E-state index in [2.05, 4.69) is 83.8 Å². The summed E-state index contributed by atoms with van der Waals surface area (Å²) in [5.41, 5.74) is 13.5. The Morgan fingerprint density at radius 2 is 0.921 bits per heavy atom. The number of aromatic nitrogens is 2. The van der Waals surface area contributed by atoms with Gasteiger partial charge in [-0.15, -0.1) is 22.7 Å². The minimum Gasteiger partial charge on any atom is -0.345 e. The SMILES string of the molecule is CCCc1ccc(-c2csc(N3CCN(S(=O)(=O)c4c(C)cc(C)cc4C)CC3)n2)cc1.Cc1cc(C)c(S(=O)(=O)N2CCN(c3nc(-c4c(C)cccc4C)cs3)CC2)c(C)c1. The summed E-state index contributed by atoms with van der Waals surface area (Å²) >= 11 is 3.25. The first-order valence-electron chi connectivity index (χ1n) is 21.7. The number of piperazine rings is 2. The first-order chi connectivity index (χ1) is 30.0. The summed E-state index contributed by atoms with van der Waals surface area (Å²) in [6, 6.07) is 22.7. The molecule has 0 saturated carbocycles. The van der Waals surface area contributed by atoms with Crippen molar-refractivity contribution in [3.63, 3.8) is 0 Å². The second-order valence-corrected chi connectivity index (χ2v) is 22.4. The van der Waals surface area contributed by atoms with E-state index in [1.165, 1.54) is 22.3 Å². The first-order valence-corrected chi connectivity index (χ1v) is 26.3. The lowest BCUT2D eigenvalue weighted by Gasteiger charge is -2.34. The number of anilines is 2. The van der Waals surface area contributed by atoms with Crippen LogP contribution < -0.4 is 9.80 Å². The second-order valence-electron chi connectivity index (χ2n) is 17.0. The predicted molar refractivity (Wildman–Crippen MR) is 262 cm³/mol. The summed E-state index contributed by atoms with van der Waals surface area (Å²) in [7, 11) is -7.01. The maximum Gasteiger partial charge on any atom is 0.243 e. The number of hydrogen-bond acceptors (Lipinski definition) is 10. The van der Waals surface area contributed by atoms with Crippen molar-refractivity contribution in [2.45, 2.75) is 84.9 Å². The number of rotatable bonds is 10. The number of aryl methyl sites for hydroxylation is 9. The van der Waals surface area contributed by atoms with Crippen molar-refractivity contribution < 1.29 is 16.8 Å². The van der Waals surface area contributed by atoms with Crippen molar-refractivity contribution >= 4 is 53.0 Å². The molecular formula is C49H60N6O4S4. The third-order valence-corrected chi connectivity index (χ3v) is 18.1. The van der Waals surface area contributed by atoms with Crippen molar-refractivity contribution in [1.29, 1.82) is 0 Å². The van der Waals surface area contributed by atoms with E-state index in [9.17, 15) is 16.8 Å². The summed E-state index contributed by atoms with van der Waals surface area (Å²) in [5, 5.41) is 6.11. The summed E-state index contributed by atoms with van der Waals surface area (Å²) < 4.78 is 56.6. The fraction of sp³-hybridized carbons (Fsp3) is 0.388. The molecule has 0 amide bonds. The molecule has 10 nitrogen and oxygen atoms in total. The van der Waals surface area contributed by atoms with E-state index in [0.717, 1.165) is 73.4 Å². The Bertz CT molecular complexity index is 2730. The molecule has 0 N–H and O–H groups in total. The van der Waals surface area contributed by atoms with E-state index in [0.29, 0.717) is 62.1 Å². The second kappa shape index (κ2) is 19.3. The quantitative estimate of drug-likeness (QED) is 0.134. The van der Waals surface area contributed by atoms with Gasteiger partial charge in [0, 0.05) is 74.2 Å². The Balaban J connectivity index is 0.000000189. The molecule has 2 aromatic heterocycles. The van der Waals surface area contributed by atoms with Crippen LogP contribution in [0.1, 0.15) is 63.4 Å². The fourth-order valence-electron chi connectivity index (χ4n) is 9.06. The largest absolute Gasteiger partial charge is 0.345 e. The highest BCUT2D eigenvalue weighted by atomic mass is 32.2. The summed E-state index contributed by atoms with van der Waals surface area (Å²) in [4.78, 5) is 15.0. The van der Waals surface area contributed by atoms with Crippen LogP contribution >= 0.6 is 22.7 Å². The molecule has 0 bridgehead atoms. The lowest BCUT2D eigenvalue weighted by molar-refractivity contribution is 0.384. The van der Waals surface area contributed by atoms with Gasteiger partial charge in [-0.05, 0) is 101 Å². The summed E-state index contributed by atoms with van der Waals surface area (Å²) in [5.74, 6) is 0. The van der Waals surface area contributed by atoms with Crippen LogP contribution in [0.4, 0.5) is 10.3 Å².